The monoisotopic (exact) mass is 1100 g/mol. The van der Waals surface area contributed by atoms with E-state index >= 15 is 0 Å². The molecule has 0 saturated heterocycles. The van der Waals surface area contributed by atoms with Crippen molar-refractivity contribution in [2.75, 3.05) is 9.80 Å². The third kappa shape index (κ3) is 9.01. The van der Waals surface area contributed by atoms with E-state index in [4.69, 9.17) is 9.72 Å². The van der Waals surface area contributed by atoms with Crippen LogP contribution in [0, 0.1) is 29.6 Å². The third-order valence-corrected chi connectivity index (χ3v) is 13.8. The number of anilines is 2. The van der Waals surface area contributed by atoms with Gasteiger partial charge in [0, 0.05) is 88.3 Å². The van der Waals surface area contributed by atoms with E-state index in [-0.39, 0.29) is 42.7 Å². The smallest absolute Gasteiger partial charge is 0.143 e. The zero-order valence-corrected chi connectivity index (χ0v) is 44.2. The standard InChI is InChI=1S/C64H61N4O.Pt/c1-61(2,3)58-59(62(4,5)6)67(52-39-48(63(7,8)46-26-16-12-17-27-46)38-49(40-52)64(9,10)47-28-18-13-19-29-47)43-66(58)51-36-45(44-24-14-11-15-25-44)37-54(42-51)69-53-31-22-30-50(41-53)68-57-34-21-20-32-55(57)56-33-23-35-65-60(56)68;/h11-40,43H,1-10H3;/q-3;. The molecule has 0 spiro atoms. The summed E-state index contributed by atoms with van der Waals surface area (Å²) in [6.07, 6.45) is 1.85. The van der Waals surface area contributed by atoms with Crippen LogP contribution < -0.4 is 14.5 Å². The van der Waals surface area contributed by atoms with Gasteiger partial charge in [-0.05, 0) is 58.1 Å². The van der Waals surface area contributed by atoms with Crippen molar-refractivity contribution in [3.05, 3.63) is 235 Å². The van der Waals surface area contributed by atoms with Crippen molar-refractivity contribution in [2.45, 2.75) is 80.1 Å². The molecule has 7 aromatic carbocycles. The Morgan fingerprint density at radius 1 is 0.457 bits per heavy atom. The van der Waals surface area contributed by atoms with Crippen LogP contribution in [-0.2, 0) is 31.9 Å². The average Bonchev–Trinajstić information content (AvgIpc) is 3.94. The number of rotatable bonds is 10. The number of hydrogen-bond acceptors (Lipinski definition) is 4. The second-order valence-electron chi connectivity index (χ2n) is 21.5. The predicted molar refractivity (Wildman–Crippen MR) is 287 cm³/mol. The molecule has 0 aliphatic carbocycles. The van der Waals surface area contributed by atoms with Gasteiger partial charge in [0.2, 0.25) is 0 Å². The van der Waals surface area contributed by atoms with Gasteiger partial charge in [-0.2, -0.15) is 6.07 Å². The van der Waals surface area contributed by atoms with Crippen LogP contribution in [0.5, 0.6) is 11.5 Å². The molecule has 0 unspecified atom stereocenters. The molecule has 356 valence electrons. The molecule has 1 aliphatic heterocycles. The van der Waals surface area contributed by atoms with Gasteiger partial charge in [-0.3, -0.25) is 0 Å². The molecule has 1 aliphatic rings. The number of aromatic nitrogens is 2. The molecule has 9 aromatic rings. The number of ether oxygens (including phenoxy) is 1. The fraction of sp³-hybridized carbons (Fsp3) is 0.219. The molecule has 10 rings (SSSR count). The maximum absolute atomic E-state index is 6.91. The van der Waals surface area contributed by atoms with Crippen molar-refractivity contribution in [1.82, 2.24) is 9.55 Å². The molecule has 6 heteroatoms. The maximum atomic E-state index is 6.91. The van der Waals surface area contributed by atoms with Gasteiger partial charge in [-0.1, -0.05) is 190 Å². The summed E-state index contributed by atoms with van der Waals surface area (Å²) in [5, 5.41) is 2.24. The van der Waals surface area contributed by atoms with Crippen LogP contribution in [0.1, 0.15) is 91.5 Å². The van der Waals surface area contributed by atoms with Gasteiger partial charge < -0.3 is 19.1 Å². The van der Waals surface area contributed by atoms with E-state index in [0.29, 0.717) is 11.5 Å². The summed E-state index contributed by atoms with van der Waals surface area (Å²) in [6, 6.07) is 69.9. The minimum absolute atomic E-state index is 0. The fourth-order valence-corrected chi connectivity index (χ4v) is 10.1. The Hall–Kier alpha value is -6.68. The van der Waals surface area contributed by atoms with Gasteiger partial charge >= 0.3 is 0 Å². The van der Waals surface area contributed by atoms with Gasteiger partial charge in [-0.25, -0.2) is 4.98 Å². The Labute approximate surface area is 429 Å². The average molecular weight is 1100 g/mol. The number of pyridine rings is 1. The molecular formula is C64H61N4OPt-3. The number of allylic oxidation sites excluding steroid dienone is 2. The van der Waals surface area contributed by atoms with Crippen molar-refractivity contribution in [1.29, 1.82) is 0 Å². The minimum atomic E-state index is -0.285. The van der Waals surface area contributed by atoms with E-state index in [1.807, 2.05) is 24.4 Å². The summed E-state index contributed by atoms with van der Waals surface area (Å²) < 4.78 is 9.07. The van der Waals surface area contributed by atoms with Crippen LogP contribution in [-0.4, -0.2) is 9.55 Å². The van der Waals surface area contributed by atoms with E-state index in [9.17, 15) is 0 Å². The minimum Gasteiger partial charge on any atom is -0.509 e. The van der Waals surface area contributed by atoms with Crippen molar-refractivity contribution in [3.63, 3.8) is 0 Å². The first-order valence-corrected chi connectivity index (χ1v) is 24.1. The van der Waals surface area contributed by atoms with Gasteiger partial charge in [0.25, 0.3) is 0 Å². The molecule has 70 heavy (non-hydrogen) atoms. The summed E-state index contributed by atoms with van der Waals surface area (Å²) in [5.74, 6) is 1.18. The first-order chi connectivity index (χ1) is 33.0. The Bertz CT molecular complexity index is 3230. The van der Waals surface area contributed by atoms with Crippen molar-refractivity contribution >= 4 is 33.3 Å². The largest absolute Gasteiger partial charge is 0.509 e. The zero-order valence-electron chi connectivity index (χ0n) is 41.9. The Kier molecular flexibility index (Phi) is 12.8. The number of para-hydroxylation sites is 1. The quantitative estimate of drug-likeness (QED) is 0.128. The van der Waals surface area contributed by atoms with E-state index < -0.39 is 0 Å². The Morgan fingerprint density at radius 2 is 1.00 bits per heavy atom. The molecular weight excluding hydrogens is 1040 g/mol. The molecule has 0 bridgehead atoms. The number of fused-ring (bicyclic) bond motifs is 3. The number of nitrogens with zero attached hydrogens (tertiary/aromatic N) is 4. The van der Waals surface area contributed by atoms with Crippen molar-refractivity contribution in [3.8, 4) is 28.3 Å². The molecule has 0 radical (unpaired) electrons. The van der Waals surface area contributed by atoms with Crippen molar-refractivity contribution in [2.24, 2.45) is 10.8 Å². The van der Waals surface area contributed by atoms with Gasteiger partial charge in [-0.15, -0.1) is 54.3 Å². The van der Waals surface area contributed by atoms with Crippen LogP contribution in [0.3, 0.4) is 0 Å². The van der Waals surface area contributed by atoms with Crippen LogP contribution in [0.15, 0.2) is 194 Å². The second kappa shape index (κ2) is 18.6. The number of hydrogen-bond donors (Lipinski definition) is 0. The van der Waals surface area contributed by atoms with E-state index in [2.05, 4.69) is 260 Å². The topological polar surface area (TPSA) is 33.5 Å². The second-order valence-corrected chi connectivity index (χ2v) is 21.5. The summed E-state index contributed by atoms with van der Waals surface area (Å²) in [7, 11) is 0. The Morgan fingerprint density at radius 3 is 1.61 bits per heavy atom. The summed E-state index contributed by atoms with van der Waals surface area (Å²) in [5.41, 5.74) is 13.3. The molecule has 2 aromatic heterocycles. The summed E-state index contributed by atoms with van der Waals surface area (Å²) in [6.45, 7) is 25.6. The first kappa shape index (κ1) is 48.3. The predicted octanol–water partition coefficient (Wildman–Crippen LogP) is 16.6. The zero-order chi connectivity index (χ0) is 48.3. The van der Waals surface area contributed by atoms with Crippen LogP contribution in [0.25, 0.3) is 38.8 Å². The van der Waals surface area contributed by atoms with Crippen LogP contribution in [0.4, 0.5) is 11.4 Å². The third-order valence-electron chi connectivity index (χ3n) is 13.8. The molecule has 0 fully saturated rings. The van der Waals surface area contributed by atoms with Gasteiger partial charge in [0.1, 0.15) is 5.65 Å². The molecule has 3 heterocycles. The normalized spacial score (nSPS) is 13.6. The summed E-state index contributed by atoms with van der Waals surface area (Å²) in [4.78, 5) is 9.64. The molecule has 5 nitrogen and oxygen atoms in total. The Balaban J connectivity index is 0.00000608. The van der Waals surface area contributed by atoms with Gasteiger partial charge in [0.05, 0.1) is 5.52 Å². The first-order valence-electron chi connectivity index (χ1n) is 24.1. The van der Waals surface area contributed by atoms with Crippen LogP contribution in [0.2, 0.25) is 0 Å². The molecule has 0 atom stereocenters. The number of benzene rings is 7. The van der Waals surface area contributed by atoms with Crippen LogP contribution >= 0.6 is 0 Å². The molecule has 0 saturated carbocycles. The summed E-state index contributed by atoms with van der Waals surface area (Å²) >= 11 is 0. The van der Waals surface area contributed by atoms with Crippen molar-refractivity contribution < 1.29 is 25.8 Å². The van der Waals surface area contributed by atoms with E-state index in [1.165, 1.54) is 33.6 Å². The van der Waals surface area contributed by atoms with E-state index in [0.717, 1.165) is 50.1 Å². The molecule has 0 N–H and O–H groups in total. The SMILES string of the molecule is CC(C)(C)C1=C(C(C)(C)C)N(c2cc(C(C)(C)c3ccccc3)cc(C(C)(C)c3ccccc3)c2)[CH-]N1c1[c-]c(Oc2[c-]c(-n3c4ccccc4c4cccnc43)ccc2)cc(-c2ccccc2)c1.[Pt]. The molecule has 0 amide bonds. The van der Waals surface area contributed by atoms with E-state index in [1.54, 1.807) is 0 Å². The van der Waals surface area contributed by atoms with Gasteiger partial charge in [0.15, 0.2) is 0 Å². The fourth-order valence-electron chi connectivity index (χ4n) is 10.1. The maximum Gasteiger partial charge on any atom is 0.143 e.